The number of aromatic nitrogens is 1. The van der Waals surface area contributed by atoms with Crippen molar-refractivity contribution in [3.8, 4) is 11.5 Å². The van der Waals surface area contributed by atoms with Gasteiger partial charge in [0.1, 0.15) is 17.2 Å². The van der Waals surface area contributed by atoms with E-state index in [1.54, 1.807) is 30.3 Å². The summed E-state index contributed by atoms with van der Waals surface area (Å²) in [5, 5.41) is 5.91. The number of hydrogen-bond acceptors (Lipinski definition) is 7. The van der Waals surface area contributed by atoms with Crippen LogP contribution in [0.5, 0.6) is 11.5 Å². The van der Waals surface area contributed by atoms with Gasteiger partial charge in [-0.05, 0) is 30.7 Å². The van der Waals surface area contributed by atoms with Gasteiger partial charge in [-0.15, -0.1) is 0 Å². The summed E-state index contributed by atoms with van der Waals surface area (Å²) in [6.45, 7) is 0. The van der Waals surface area contributed by atoms with Crippen LogP contribution in [-0.4, -0.2) is 51.1 Å². The van der Waals surface area contributed by atoms with E-state index in [4.69, 9.17) is 9.47 Å². The van der Waals surface area contributed by atoms with Crippen LogP contribution < -0.4 is 20.1 Å². The Morgan fingerprint density at radius 3 is 2.67 bits per heavy atom. The fraction of sp³-hybridized carbons (Fsp3) is 0.333. The van der Waals surface area contributed by atoms with Gasteiger partial charge in [0.25, 0.3) is 5.91 Å². The third-order valence-corrected chi connectivity index (χ3v) is 6.02. The van der Waals surface area contributed by atoms with Gasteiger partial charge in [0.15, 0.2) is 9.84 Å². The molecule has 1 aromatic carbocycles. The summed E-state index contributed by atoms with van der Waals surface area (Å²) in [6, 6.07) is 8.21. The largest absolute Gasteiger partial charge is 0.497 e. The van der Waals surface area contributed by atoms with Gasteiger partial charge in [0, 0.05) is 24.0 Å². The Kier molecular flexibility index (Phi) is 5.50. The molecular formula is C18H21N3O5S. The number of benzene rings is 1. The molecule has 1 aliphatic rings. The van der Waals surface area contributed by atoms with Crippen LogP contribution in [0.4, 0.5) is 11.4 Å². The predicted octanol–water partition coefficient (Wildman–Crippen LogP) is 1.95. The van der Waals surface area contributed by atoms with Crippen molar-refractivity contribution >= 4 is 27.1 Å². The predicted molar refractivity (Wildman–Crippen MR) is 102 cm³/mol. The summed E-state index contributed by atoms with van der Waals surface area (Å²) in [5.41, 5.74) is 1.31. The Hall–Kier alpha value is -2.81. The number of ether oxygens (including phenoxy) is 2. The molecule has 0 aliphatic carbocycles. The van der Waals surface area contributed by atoms with Gasteiger partial charge >= 0.3 is 0 Å². The van der Waals surface area contributed by atoms with E-state index in [1.165, 1.54) is 20.4 Å². The minimum atomic E-state index is -2.98. The topological polar surface area (TPSA) is 107 Å². The molecule has 2 N–H and O–H groups in total. The first-order valence-corrected chi connectivity index (χ1v) is 10.2. The number of anilines is 2. The molecule has 1 saturated heterocycles. The van der Waals surface area contributed by atoms with E-state index >= 15 is 0 Å². The summed E-state index contributed by atoms with van der Waals surface area (Å²) < 4.78 is 33.6. The molecule has 144 valence electrons. The second kappa shape index (κ2) is 7.83. The molecule has 0 saturated carbocycles. The van der Waals surface area contributed by atoms with E-state index in [0.717, 1.165) is 0 Å². The number of hydrogen-bond donors (Lipinski definition) is 2. The minimum absolute atomic E-state index is 0.0951. The second-order valence-electron chi connectivity index (χ2n) is 6.19. The minimum Gasteiger partial charge on any atom is -0.497 e. The maximum Gasteiger partial charge on any atom is 0.274 e. The van der Waals surface area contributed by atoms with Crippen LogP contribution in [0.1, 0.15) is 16.9 Å². The summed E-state index contributed by atoms with van der Waals surface area (Å²) in [6.07, 6.45) is 2.05. The van der Waals surface area contributed by atoms with Crippen molar-refractivity contribution in [2.45, 2.75) is 12.5 Å². The number of amides is 1. The number of carbonyl (C=O) groups excluding carboxylic acids is 1. The normalized spacial score (nSPS) is 17.9. The van der Waals surface area contributed by atoms with Crippen LogP contribution in [0.15, 0.2) is 36.5 Å². The van der Waals surface area contributed by atoms with Crippen LogP contribution in [0.2, 0.25) is 0 Å². The number of pyridine rings is 1. The zero-order valence-electron chi connectivity index (χ0n) is 15.1. The van der Waals surface area contributed by atoms with E-state index in [9.17, 15) is 13.2 Å². The number of nitrogens with one attached hydrogen (secondary N) is 2. The fourth-order valence-corrected chi connectivity index (χ4v) is 4.56. The first kappa shape index (κ1) is 19.0. The molecule has 1 aliphatic heterocycles. The Bertz CT molecular complexity index is 946. The molecule has 3 rings (SSSR count). The number of methoxy groups -OCH3 is 2. The van der Waals surface area contributed by atoms with Crippen LogP contribution >= 0.6 is 0 Å². The molecule has 2 aromatic rings. The van der Waals surface area contributed by atoms with Gasteiger partial charge in [-0.1, -0.05) is 0 Å². The molecule has 0 bridgehead atoms. The highest BCUT2D eigenvalue weighted by molar-refractivity contribution is 7.91. The van der Waals surface area contributed by atoms with E-state index in [-0.39, 0.29) is 23.2 Å². The highest BCUT2D eigenvalue weighted by atomic mass is 32.2. The Morgan fingerprint density at radius 2 is 2.00 bits per heavy atom. The number of carbonyl (C=O) groups is 1. The molecule has 1 atom stereocenters. The lowest BCUT2D eigenvalue weighted by molar-refractivity contribution is 0.102. The standard InChI is InChI=1S/C18H21N3O5S/c1-25-14-3-4-17(26-2)15(10-14)21-18(22)16-9-12(5-7-19-16)20-13-6-8-27(23,24)11-13/h3-5,7,9-10,13H,6,8,11H2,1-2H3,(H,19,20)(H,21,22). The number of nitrogens with zero attached hydrogens (tertiary/aromatic N) is 1. The first-order chi connectivity index (χ1) is 12.9. The SMILES string of the molecule is COc1ccc(OC)c(NC(=O)c2cc(NC3CCS(=O)(=O)C3)ccn2)c1. The van der Waals surface area contributed by atoms with Crippen LogP contribution in [0.3, 0.4) is 0 Å². The number of rotatable bonds is 6. The first-order valence-electron chi connectivity index (χ1n) is 8.36. The zero-order valence-corrected chi connectivity index (χ0v) is 15.9. The molecule has 27 heavy (non-hydrogen) atoms. The highest BCUT2D eigenvalue weighted by Gasteiger charge is 2.27. The third kappa shape index (κ3) is 4.68. The molecular weight excluding hydrogens is 370 g/mol. The fourth-order valence-electron chi connectivity index (χ4n) is 2.89. The van der Waals surface area contributed by atoms with Gasteiger partial charge in [-0.2, -0.15) is 0 Å². The van der Waals surface area contributed by atoms with Gasteiger partial charge < -0.3 is 20.1 Å². The Balaban J connectivity index is 1.74. The Labute approximate surface area is 157 Å². The van der Waals surface area contributed by atoms with Gasteiger partial charge in [-0.25, -0.2) is 8.42 Å². The average Bonchev–Trinajstić information content (AvgIpc) is 3.00. The van der Waals surface area contributed by atoms with Crippen molar-refractivity contribution in [1.82, 2.24) is 4.98 Å². The lowest BCUT2D eigenvalue weighted by Gasteiger charge is -2.14. The molecule has 0 spiro atoms. The van der Waals surface area contributed by atoms with E-state index < -0.39 is 15.7 Å². The molecule has 9 heteroatoms. The Morgan fingerprint density at radius 1 is 1.19 bits per heavy atom. The van der Waals surface area contributed by atoms with Crippen molar-refractivity contribution in [2.24, 2.45) is 0 Å². The van der Waals surface area contributed by atoms with Crippen LogP contribution in [-0.2, 0) is 9.84 Å². The lowest BCUT2D eigenvalue weighted by atomic mass is 10.2. The van der Waals surface area contributed by atoms with Crippen molar-refractivity contribution < 1.29 is 22.7 Å². The van der Waals surface area contributed by atoms with Gasteiger partial charge in [0.05, 0.1) is 31.4 Å². The van der Waals surface area contributed by atoms with Crippen molar-refractivity contribution in [3.63, 3.8) is 0 Å². The van der Waals surface area contributed by atoms with E-state index in [1.807, 2.05) is 0 Å². The van der Waals surface area contributed by atoms with Crippen LogP contribution in [0.25, 0.3) is 0 Å². The summed E-state index contributed by atoms with van der Waals surface area (Å²) in [4.78, 5) is 16.7. The summed E-state index contributed by atoms with van der Waals surface area (Å²) >= 11 is 0. The smallest absolute Gasteiger partial charge is 0.274 e. The third-order valence-electron chi connectivity index (χ3n) is 4.25. The monoisotopic (exact) mass is 391 g/mol. The maximum atomic E-state index is 12.6. The molecule has 0 radical (unpaired) electrons. The van der Waals surface area contributed by atoms with Crippen molar-refractivity contribution in [3.05, 3.63) is 42.2 Å². The summed E-state index contributed by atoms with van der Waals surface area (Å²) in [5.74, 6) is 0.937. The van der Waals surface area contributed by atoms with E-state index in [2.05, 4.69) is 15.6 Å². The zero-order chi connectivity index (χ0) is 19.4. The van der Waals surface area contributed by atoms with E-state index in [0.29, 0.717) is 29.3 Å². The average molecular weight is 391 g/mol. The lowest BCUT2D eigenvalue weighted by Crippen LogP contribution is -2.21. The van der Waals surface area contributed by atoms with Gasteiger partial charge in [0.2, 0.25) is 0 Å². The second-order valence-corrected chi connectivity index (χ2v) is 8.42. The molecule has 1 fully saturated rings. The molecule has 1 unspecified atom stereocenters. The van der Waals surface area contributed by atoms with Crippen LogP contribution in [0, 0.1) is 0 Å². The van der Waals surface area contributed by atoms with Gasteiger partial charge in [-0.3, -0.25) is 9.78 Å². The quantitative estimate of drug-likeness (QED) is 0.775. The summed E-state index contributed by atoms with van der Waals surface area (Å²) in [7, 11) is 0.0647. The molecule has 1 amide bonds. The molecule has 8 nitrogen and oxygen atoms in total. The highest BCUT2D eigenvalue weighted by Crippen LogP contribution is 2.29. The van der Waals surface area contributed by atoms with Crippen molar-refractivity contribution in [2.75, 3.05) is 36.4 Å². The maximum absolute atomic E-state index is 12.6. The molecule has 1 aromatic heterocycles. The van der Waals surface area contributed by atoms with Crippen molar-refractivity contribution in [1.29, 1.82) is 0 Å². The number of sulfone groups is 1. The molecule has 2 heterocycles.